The van der Waals surface area contributed by atoms with E-state index in [0.717, 1.165) is 36.1 Å². The topological polar surface area (TPSA) is 51.4 Å². The maximum Gasteiger partial charge on any atom is 0.227 e. The number of hydrogen-bond donors (Lipinski definition) is 2. The van der Waals surface area contributed by atoms with Crippen LogP contribution in [-0.2, 0) is 4.79 Å². The minimum absolute atomic E-state index is 0.0165. The molecule has 30 heavy (non-hydrogen) atoms. The number of carbonyl (C=O) groups is 1. The Morgan fingerprint density at radius 3 is 2.73 bits per heavy atom. The number of unbranched alkanes of at least 4 members (excludes halogenated alkanes) is 1. The Kier molecular flexibility index (Phi) is 7.53. The van der Waals surface area contributed by atoms with Crippen molar-refractivity contribution < 1.29 is 9.18 Å². The van der Waals surface area contributed by atoms with Crippen molar-refractivity contribution in [3.05, 3.63) is 35.8 Å². The fourth-order valence-corrected chi connectivity index (χ4v) is 4.73. The molecule has 0 aliphatic carbocycles. The van der Waals surface area contributed by atoms with Crippen LogP contribution in [0.2, 0.25) is 0 Å². The van der Waals surface area contributed by atoms with Gasteiger partial charge in [-0.15, -0.1) is 0 Å². The van der Waals surface area contributed by atoms with E-state index in [1.165, 1.54) is 44.2 Å². The molecular weight excluding hydrogens is 379 g/mol. The Hall–Kier alpha value is -1.92. The third-order valence-electron chi connectivity index (χ3n) is 6.99. The molecule has 1 aromatic heterocycles. The van der Waals surface area contributed by atoms with Crippen LogP contribution in [0, 0.1) is 5.82 Å². The normalized spacial score (nSPS) is 18.1. The summed E-state index contributed by atoms with van der Waals surface area (Å²) in [6, 6.07) is 4.65. The van der Waals surface area contributed by atoms with E-state index in [0.29, 0.717) is 12.1 Å². The SMILES string of the molecule is CCCCC1(N(C)C)CCN(CCNC(=O)C(C)c2c[nH]c3cc(F)ccc23)CC1. The van der Waals surface area contributed by atoms with Crippen molar-refractivity contribution in [1.29, 1.82) is 0 Å². The number of rotatable bonds is 9. The monoisotopic (exact) mass is 416 g/mol. The fourth-order valence-electron chi connectivity index (χ4n) is 4.73. The largest absolute Gasteiger partial charge is 0.361 e. The smallest absolute Gasteiger partial charge is 0.227 e. The van der Waals surface area contributed by atoms with Gasteiger partial charge in [-0.05, 0) is 77.1 Å². The zero-order valence-corrected chi connectivity index (χ0v) is 18.9. The average molecular weight is 417 g/mol. The van der Waals surface area contributed by atoms with Crippen molar-refractivity contribution in [1.82, 2.24) is 20.1 Å². The quantitative estimate of drug-likeness (QED) is 0.647. The molecule has 6 heteroatoms. The van der Waals surface area contributed by atoms with E-state index < -0.39 is 0 Å². The van der Waals surface area contributed by atoms with Gasteiger partial charge in [-0.2, -0.15) is 0 Å². The second-order valence-corrected chi connectivity index (χ2v) is 9.01. The minimum atomic E-state index is -0.277. The molecule has 1 atom stereocenters. The first-order valence-corrected chi connectivity index (χ1v) is 11.3. The summed E-state index contributed by atoms with van der Waals surface area (Å²) in [4.78, 5) is 20.6. The summed E-state index contributed by atoms with van der Waals surface area (Å²) in [6.07, 6.45) is 8.00. The van der Waals surface area contributed by atoms with Crippen LogP contribution in [0.5, 0.6) is 0 Å². The Morgan fingerprint density at radius 2 is 2.07 bits per heavy atom. The second kappa shape index (κ2) is 9.92. The van der Waals surface area contributed by atoms with E-state index in [-0.39, 0.29) is 17.6 Å². The van der Waals surface area contributed by atoms with Gasteiger partial charge in [-0.25, -0.2) is 4.39 Å². The van der Waals surface area contributed by atoms with Gasteiger partial charge in [0.25, 0.3) is 0 Å². The Bertz CT molecular complexity index is 839. The highest BCUT2D eigenvalue weighted by Gasteiger charge is 2.35. The van der Waals surface area contributed by atoms with Crippen LogP contribution in [0.15, 0.2) is 24.4 Å². The summed E-state index contributed by atoms with van der Waals surface area (Å²) in [7, 11) is 4.43. The predicted molar refractivity (Wildman–Crippen MR) is 121 cm³/mol. The first-order chi connectivity index (χ1) is 14.4. The second-order valence-electron chi connectivity index (χ2n) is 9.01. The molecule has 166 valence electrons. The molecule has 1 aliphatic rings. The molecule has 1 unspecified atom stereocenters. The molecule has 0 bridgehead atoms. The van der Waals surface area contributed by atoms with Gasteiger partial charge in [0.1, 0.15) is 5.82 Å². The highest BCUT2D eigenvalue weighted by molar-refractivity contribution is 5.91. The first kappa shape index (κ1) is 22.8. The zero-order valence-electron chi connectivity index (χ0n) is 18.9. The summed E-state index contributed by atoms with van der Waals surface area (Å²) in [5, 5.41) is 4.00. The summed E-state index contributed by atoms with van der Waals surface area (Å²) in [5.41, 5.74) is 1.97. The van der Waals surface area contributed by atoms with Crippen LogP contribution in [-0.4, -0.2) is 66.5 Å². The molecule has 1 saturated heterocycles. The number of aromatic amines is 1. The van der Waals surface area contributed by atoms with E-state index in [4.69, 9.17) is 0 Å². The first-order valence-electron chi connectivity index (χ1n) is 11.3. The summed E-state index contributed by atoms with van der Waals surface area (Å²) >= 11 is 0. The van der Waals surface area contributed by atoms with Crippen molar-refractivity contribution in [2.45, 2.75) is 57.4 Å². The van der Waals surface area contributed by atoms with Gasteiger partial charge in [0, 0.05) is 35.7 Å². The molecule has 1 amide bonds. The molecule has 2 aromatic rings. The maximum absolute atomic E-state index is 13.4. The molecule has 1 aliphatic heterocycles. The van der Waals surface area contributed by atoms with Crippen molar-refractivity contribution in [3.8, 4) is 0 Å². The fraction of sp³-hybridized carbons (Fsp3) is 0.625. The van der Waals surface area contributed by atoms with Crippen LogP contribution < -0.4 is 5.32 Å². The molecule has 0 saturated carbocycles. The summed E-state index contributed by atoms with van der Waals surface area (Å²) in [5.74, 6) is -0.536. The van der Waals surface area contributed by atoms with E-state index in [9.17, 15) is 9.18 Å². The molecule has 5 nitrogen and oxygen atoms in total. The number of likely N-dealkylation sites (tertiary alicyclic amines) is 1. The highest BCUT2D eigenvalue weighted by Crippen LogP contribution is 2.32. The molecule has 3 rings (SSSR count). The van der Waals surface area contributed by atoms with Crippen LogP contribution in [0.4, 0.5) is 4.39 Å². The highest BCUT2D eigenvalue weighted by atomic mass is 19.1. The molecular formula is C24H37FN4O. The van der Waals surface area contributed by atoms with Gasteiger partial charge in [-0.1, -0.05) is 19.8 Å². The molecule has 0 spiro atoms. The van der Waals surface area contributed by atoms with Gasteiger partial charge >= 0.3 is 0 Å². The van der Waals surface area contributed by atoms with Gasteiger partial charge in [0.2, 0.25) is 5.91 Å². The predicted octanol–water partition coefficient (Wildman–Crippen LogP) is 4.11. The number of hydrogen-bond acceptors (Lipinski definition) is 3. The van der Waals surface area contributed by atoms with Crippen LogP contribution in [0.1, 0.15) is 57.4 Å². The number of fused-ring (bicyclic) bond motifs is 1. The van der Waals surface area contributed by atoms with Gasteiger partial charge < -0.3 is 20.1 Å². The van der Waals surface area contributed by atoms with Gasteiger partial charge in [0.15, 0.2) is 0 Å². The van der Waals surface area contributed by atoms with Crippen LogP contribution in [0.3, 0.4) is 0 Å². The molecule has 1 fully saturated rings. The lowest BCUT2D eigenvalue weighted by Crippen LogP contribution is -2.53. The van der Waals surface area contributed by atoms with E-state index in [1.807, 2.05) is 13.1 Å². The average Bonchev–Trinajstić information content (AvgIpc) is 3.15. The molecule has 2 N–H and O–H groups in total. The lowest BCUT2D eigenvalue weighted by atomic mass is 9.82. The van der Waals surface area contributed by atoms with E-state index in [2.05, 4.69) is 41.1 Å². The molecule has 1 aromatic carbocycles. The number of halogens is 1. The summed E-state index contributed by atoms with van der Waals surface area (Å²) < 4.78 is 13.4. The van der Waals surface area contributed by atoms with Gasteiger partial charge in [0.05, 0.1) is 5.92 Å². The maximum atomic E-state index is 13.4. The number of piperidine rings is 1. The summed E-state index contributed by atoms with van der Waals surface area (Å²) in [6.45, 7) is 7.87. The number of H-pyrrole nitrogens is 1. The number of aromatic nitrogens is 1. The van der Waals surface area contributed by atoms with Crippen molar-refractivity contribution in [2.75, 3.05) is 40.3 Å². The standard InChI is InChI=1S/C24H37FN4O/c1-5-6-9-24(28(3)4)10-13-29(14-11-24)15-12-26-23(30)18(2)21-17-27-22-16-19(25)7-8-20(21)22/h7-8,16-18,27H,5-6,9-15H2,1-4H3,(H,26,30). The number of carbonyl (C=O) groups excluding carboxylic acids is 1. The molecule has 0 radical (unpaired) electrons. The lowest BCUT2D eigenvalue weighted by Gasteiger charge is -2.46. The number of nitrogens with zero attached hydrogens (tertiary/aromatic N) is 2. The third-order valence-corrected chi connectivity index (χ3v) is 6.99. The number of nitrogens with one attached hydrogen (secondary N) is 2. The Balaban J connectivity index is 1.48. The van der Waals surface area contributed by atoms with Gasteiger partial charge in [-0.3, -0.25) is 4.79 Å². The van der Waals surface area contributed by atoms with Crippen molar-refractivity contribution >= 4 is 16.8 Å². The number of amides is 1. The Morgan fingerprint density at radius 1 is 1.33 bits per heavy atom. The van der Waals surface area contributed by atoms with E-state index >= 15 is 0 Å². The van der Waals surface area contributed by atoms with E-state index in [1.54, 1.807) is 6.07 Å². The molecule has 2 heterocycles. The zero-order chi connectivity index (χ0) is 21.7. The van der Waals surface area contributed by atoms with Crippen LogP contribution in [0.25, 0.3) is 10.9 Å². The number of benzene rings is 1. The third kappa shape index (κ3) is 5.03. The van der Waals surface area contributed by atoms with Crippen molar-refractivity contribution in [3.63, 3.8) is 0 Å². The lowest BCUT2D eigenvalue weighted by molar-refractivity contribution is -0.122. The van der Waals surface area contributed by atoms with Crippen LogP contribution >= 0.6 is 0 Å². The van der Waals surface area contributed by atoms with Crippen molar-refractivity contribution in [2.24, 2.45) is 0 Å². The Labute approximate surface area is 180 Å². The minimum Gasteiger partial charge on any atom is -0.361 e.